The van der Waals surface area contributed by atoms with Crippen LogP contribution in [0.1, 0.15) is 42.4 Å². The van der Waals surface area contributed by atoms with E-state index >= 15 is 0 Å². The Morgan fingerprint density at radius 2 is 1.94 bits per heavy atom. The monoisotopic (exact) mass is 533 g/mol. The Hall–Kier alpha value is -2.16. The highest BCUT2D eigenvalue weighted by Crippen LogP contribution is 2.35. The number of ether oxygens (including phenoxy) is 1. The summed E-state index contributed by atoms with van der Waals surface area (Å²) < 4.78 is 7.46. The molecule has 168 valence electrons. The number of carbonyl (C=O) groups is 2. The van der Waals surface area contributed by atoms with Crippen LogP contribution < -0.4 is 4.74 Å². The van der Waals surface area contributed by atoms with E-state index < -0.39 is 5.97 Å². The molecule has 0 saturated carbocycles. The predicted molar refractivity (Wildman–Crippen MR) is 136 cm³/mol. The predicted octanol–water partition coefficient (Wildman–Crippen LogP) is 6.18. The Kier molecular flexibility index (Phi) is 8.90. The summed E-state index contributed by atoms with van der Waals surface area (Å²) >= 11 is 10.2. The Balaban J connectivity index is 1.68. The van der Waals surface area contributed by atoms with Gasteiger partial charge in [0, 0.05) is 23.0 Å². The van der Waals surface area contributed by atoms with E-state index in [2.05, 4.69) is 15.9 Å². The number of amides is 1. The van der Waals surface area contributed by atoms with Crippen LogP contribution in [-0.4, -0.2) is 32.7 Å². The Morgan fingerprint density at radius 1 is 1.19 bits per heavy atom. The minimum atomic E-state index is -0.798. The number of halogens is 1. The molecule has 1 saturated heterocycles. The number of thiocarbonyl (C=S) groups is 1. The van der Waals surface area contributed by atoms with Crippen molar-refractivity contribution in [2.24, 2.45) is 0 Å². The molecule has 0 atom stereocenters. The lowest BCUT2D eigenvalue weighted by atomic mass is 10.1. The SMILES string of the molecule is Cc1ccc(COc2ccc(Br)cc2/C=C2/SC(=S)N(CCCCCC(=O)O)C2=O)cc1. The molecule has 1 aliphatic heterocycles. The number of hydrogen-bond donors (Lipinski definition) is 1. The standard InChI is InChI=1S/C24H24BrNO4S2/c1-16-6-8-17(9-7-16)15-30-20-11-10-19(25)13-18(20)14-21-23(29)26(24(31)32-21)12-4-2-3-5-22(27)28/h6-11,13-14H,2-5,12,15H2,1H3,(H,27,28)/b21-14+. The number of aliphatic carboxylic acids is 1. The Labute approximate surface area is 206 Å². The van der Waals surface area contributed by atoms with Crippen molar-refractivity contribution in [3.05, 3.63) is 68.5 Å². The summed E-state index contributed by atoms with van der Waals surface area (Å²) in [6.45, 7) is 2.97. The van der Waals surface area contributed by atoms with Gasteiger partial charge in [0.25, 0.3) is 5.91 Å². The van der Waals surface area contributed by atoms with Gasteiger partial charge < -0.3 is 9.84 Å². The highest BCUT2D eigenvalue weighted by atomic mass is 79.9. The lowest BCUT2D eigenvalue weighted by Gasteiger charge is -2.14. The number of unbranched alkanes of at least 4 members (excludes halogenated alkanes) is 2. The van der Waals surface area contributed by atoms with Crippen LogP contribution in [0.4, 0.5) is 0 Å². The molecular weight excluding hydrogens is 510 g/mol. The highest BCUT2D eigenvalue weighted by molar-refractivity contribution is 9.10. The maximum Gasteiger partial charge on any atom is 0.303 e. The van der Waals surface area contributed by atoms with Crippen LogP contribution >= 0.6 is 39.9 Å². The number of rotatable bonds is 10. The zero-order valence-electron chi connectivity index (χ0n) is 17.7. The Bertz CT molecular complexity index is 1040. The molecule has 0 spiro atoms. The van der Waals surface area contributed by atoms with Crippen molar-refractivity contribution in [2.45, 2.75) is 39.2 Å². The fourth-order valence-electron chi connectivity index (χ4n) is 3.17. The van der Waals surface area contributed by atoms with Crippen molar-refractivity contribution in [3.8, 4) is 5.75 Å². The first-order valence-corrected chi connectivity index (χ1v) is 12.3. The molecular formula is C24H24BrNO4S2. The van der Waals surface area contributed by atoms with Crippen LogP contribution in [0.25, 0.3) is 6.08 Å². The van der Waals surface area contributed by atoms with E-state index in [-0.39, 0.29) is 12.3 Å². The van der Waals surface area contributed by atoms with Gasteiger partial charge in [-0.25, -0.2) is 0 Å². The maximum absolute atomic E-state index is 12.9. The molecule has 1 aliphatic rings. The number of carboxylic acid groups (broad SMARTS) is 1. The van der Waals surface area contributed by atoms with Crippen molar-refractivity contribution < 1.29 is 19.4 Å². The maximum atomic E-state index is 12.9. The van der Waals surface area contributed by atoms with Crippen LogP contribution in [0.3, 0.4) is 0 Å². The van der Waals surface area contributed by atoms with Gasteiger partial charge in [0.2, 0.25) is 0 Å². The summed E-state index contributed by atoms with van der Waals surface area (Å²) in [6, 6.07) is 13.9. The van der Waals surface area contributed by atoms with Crippen molar-refractivity contribution in [3.63, 3.8) is 0 Å². The first kappa shape index (κ1) is 24.5. The zero-order valence-corrected chi connectivity index (χ0v) is 20.9. The van der Waals surface area contributed by atoms with E-state index in [4.69, 9.17) is 22.1 Å². The largest absolute Gasteiger partial charge is 0.488 e. The summed E-state index contributed by atoms with van der Waals surface area (Å²) in [5.41, 5.74) is 3.06. The molecule has 0 aromatic heterocycles. The molecule has 1 amide bonds. The summed E-state index contributed by atoms with van der Waals surface area (Å²) in [7, 11) is 0. The van der Waals surface area contributed by atoms with Crippen LogP contribution in [0, 0.1) is 6.92 Å². The van der Waals surface area contributed by atoms with Crippen LogP contribution in [-0.2, 0) is 16.2 Å². The second-order valence-electron chi connectivity index (χ2n) is 7.49. The third kappa shape index (κ3) is 6.92. The third-order valence-corrected chi connectivity index (χ3v) is 6.79. The van der Waals surface area contributed by atoms with E-state index in [1.165, 1.54) is 17.3 Å². The molecule has 0 unspecified atom stereocenters. The molecule has 8 heteroatoms. The molecule has 0 bridgehead atoms. The molecule has 1 fully saturated rings. The molecule has 1 heterocycles. The first-order valence-electron chi connectivity index (χ1n) is 10.3. The first-order chi connectivity index (χ1) is 15.3. The zero-order chi connectivity index (χ0) is 23.1. The quantitative estimate of drug-likeness (QED) is 0.223. The molecule has 0 radical (unpaired) electrons. The number of thioether (sulfide) groups is 1. The molecule has 2 aromatic carbocycles. The molecule has 32 heavy (non-hydrogen) atoms. The summed E-state index contributed by atoms with van der Waals surface area (Å²) in [4.78, 5) is 25.7. The second-order valence-corrected chi connectivity index (χ2v) is 10.1. The fraction of sp³-hybridized carbons (Fsp3) is 0.292. The minimum absolute atomic E-state index is 0.123. The molecule has 0 aliphatic carbocycles. The Morgan fingerprint density at radius 3 is 2.66 bits per heavy atom. The highest BCUT2D eigenvalue weighted by Gasteiger charge is 2.31. The van der Waals surface area contributed by atoms with Gasteiger partial charge in [0.05, 0.1) is 4.91 Å². The van der Waals surface area contributed by atoms with Gasteiger partial charge >= 0.3 is 5.97 Å². The van der Waals surface area contributed by atoms with Crippen LogP contribution in [0.5, 0.6) is 5.75 Å². The van der Waals surface area contributed by atoms with Gasteiger partial charge in [-0.05, 0) is 49.6 Å². The lowest BCUT2D eigenvalue weighted by molar-refractivity contribution is -0.137. The van der Waals surface area contributed by atoms with Crippen molar-refractivity contribution in [1.82, 2.24) is 4.90 Å². The van der Waals surface area contributed by atoms with E-state index in [1.807, 2.05) is 55.5 Å². The van der Waals surface area contributed by atoms with E-state index in [0.717, 1.165) is 28.4 Å². The fourth-order valence-corrected chi connectivity index (χ4v) is 4.84. The summed E-state index contributed by atoms with van der Waals surface area (Å²) in [5, 5.41) is 8.73. The van der Waals surface area contributed by atoms with Crippen LogP contribution in [0.2, 0.25) is 0 Å². The van der Waals surface area contributed by atoms with E-state index in [9.17, 15) is 9.59 Å². The van der Waals surface area contributed by atoms with E-state index in [1.54, 1.807) is 4.90 Å². The van der Waals surface area contributed by atoms with Gasteiger partial charge in [-0.15, -0.1) is 0 Å². The number of carbonyl (C=O) groups excluding carboxylic acids is 1. The number of aryl methyl sites for hydroxylation is 1. The molecule has 2 aromatic rings. The third-order valence-electron chi connectivity index (χ3n) is 4.92. The minimum Gasteiger partial charge on any atom is -0.488 e. The smallest absolute Gasteiger partial charge is 0.303 e. The van der Waals surface area contributed by atoms with Crippen molar-refractivity contribution >= 4 is 62.2 Å². The average molecular weight is 534 g/mol. The summed E-state index contributed by atoms with van der Waals surface area (Å²) in [6.07, 6.45) is 4.02. The topological polar surface area (TPSA) is 66.8 Å². The van der Waals surface area contributed by atoms with Gasteiger partial charge in [-0.3, -0.25) is 14.5 Å². The molecule has 3 rings (SSSR count). The van der Waals surface area contributed by atoms with Gasteiger partial charge in [0.15, 0.2) is 0 Å². The molecule has 1 N–H and O–H groups in total. The van der Waals surface area contributed by atoms with Crippen molar-refractivity contribution in [2.75, 3.05) is 6.54 Å². The second kappa shape index (κ2) is 11.6. The normalized spacial score (nSPS) is 14.9. The number of nitrogens with zero attached hydrogens (tertiary/aromatic N) is 1. The number of hydrogen-bond acceptors (Lipinski definition) is 5. The van der Waals surface area contributed by atoms with Gasteiger partial charge in [-0.2, -0.15) is 0 Å². The summed E-state index contributed by atoms with van der Waals surface area (Å²) in [5.74, 6) is -0.233. The average Bonchev–Trinajstić information content (AvgIpc) is 3.01. The van der Waals surface area contributed by atoms with Gasteiger partial charge in [0.1, 0.15) is 16.7 Å². The van der Waals surface area contributed by atoms with Crippen molar-refractivity contribution in [1.29, 1.82) is 0 Å². The van der Waals surface area contributed by atoms with Crippen LogP contribution in [0.15, 0.2) is 51.8 Å². The van der Waals surface area contributed by atoms with E-state index in [0.29, 0.717) is 34.5 Å². The van der Waals surface area contributed by atoms with Gasteiger partial charge in [-0.1, -0.05) is 76.2 Å². The number of benzene rings is 2. The molecule has 5 nitrogen and oxygen atoms in total. The number of carboxylic acids is 1. The lowest BCUT2D eigenvalue weighted by Crippen LogP contribution is -2.29.